The fraction of sp³-hybridized carbons (Fsp3) is 0. The molecule has 0 aliphatic heterocycles. The van der Waals surface area contributed by atoms with Crippen LogP contribution in [-0.4, -0.2) is 20.2 Å². The largest absolute Gasteiger partial charge is 0.456 e. The molecule has 0 fully saturated rings. The van der Waals surface area contributed by atoms with Gasteiger partial charge in [0.25, 0.3) is 11.7 Å². The third kappa shape index (κ3) is 4.71. The number of fused-ring (bicyclic) bond motifs is 9. The molecule has 5 heterocycles. The van der Waals surface area contributed by atoms with Gasteiger partial charge in [-0.3, -0.25) is 9.80 Å². The number of rotatable bonds is 6. The zero-order valence-electron chi connectivity index (χ0n) is 27.9. The van der Waals surface area contributed by atoms with Gasteiger partial charge in [0.1, 0.15) is 33.7 Å². The summed E-state index contributed by atoms with van der Waals surface area (Å²) in [5.74, 6) is 1.02. The number of para-hydroxylation sites is 4. The molecule has 0 bridgehead atoms. The highest BCUT2D eigenvalue weighted by molar-refractivity contribution is 6.07. The van der Waals surface area contributed by atoms with Gasteiger partial charge in [-0.25, -0.2) is 4.98 Å². The lowest BCUT2D eigenvalue weighted by atomic mass is 10.1. The predicted molar refractivity (Wildman–Crippen MR) is 209 cm³/mol. The molecule has 6 aromatic carbocycles. The van der Waals surface area contributed by atoms with Crippen LogP contribution >= 0.6 is 0 Å². The molecule has 0 radical (unpaired) electrons. The summed E-state index contributed by atoms with van der Waals surface area (Å²) in [6, 6.07) is 50.4. The summed E-state index contributed by atoms with van der Waals surface area (Å²) >= 11 is 0. The average Bonchev–Trinajstić information content (AvgIpc) is 3.89. The van der Waals surface area contributed by atoms with E-state index >= 15 is 0 Å². The van der Waals surface area contributed by atoms with Crippen LogP contribution in [0.4, 0.5) is 34.5 Å². The van der Waals surface area contributed by atoms with E-state index in [0.717, 1.165) is 66.6 Å². The Morgan fingerprint density at radius 2 is 0.925 bits per heavy atom. The maximum absolute atomic E-state index is 6.45. The molecule has 0 saturated carbocycles. The quantitative estimate of drug-likeness (QED) is 0.169. The molecule has 53 heavy (non-hydrogen) atoms. The van der Waals surface area contributed by atoms with Crippen molar-refractivity contribution in [2.24, 2.45) is 0 Å². The molecule has 0 aliphatic carbocycles. The van der Waals surface area contributed by atoms with Gasteiger partial charge in [0.05, 0.1) is 16.8 Å². The van der Waals surface area contributed by atoms with E-state index in [1.54, 1.807) is 6.20 Å². The Morgan fingerprint density at radius 3 is 1.57 bits per heavy atom. The van der Waals surface area contributed by atoms with Gasteiger partial charge in [0.15, 0.2) is 5.52 Å². The van der Waals surface area contributed by atoms with Crippen molar-refractivity contribution in [2.75, 3.05) is 9.80 Å². The molecule has 5 aromatic heterocycles. The van der Waals surface area contributed by atoms with Crippen LogP contribution in [0.25, 0.3) is 66.1 Å². The minimum atomic E-state index is 0.352. The Bertz CT molecular complexity index is 2940. The number of aromatic nitrogens is 4. The van der Waals surface area contributed by atoms with Crippen molar-refractivity contribution >= 4 is 101 Å². The lowest BCUT2D eigenvalue weighted by Crippen LogP contribution is -2.13. The summed E-state index contributed by atoms with van der Waals surface area (Å²) in [5, 5.41) is 14.2. The summed E-state index contributed by atoms with van der Waals surface area (Å²) in [6.07, 6.45) is 1.77. The molecule has 11 aromatic rings. The summed E-state index contributed by atoms with van der Waals surface area (Å²) in [7, 11) is 0. The van der Waals surface area contributed by atoms with Gasteiger partial charge in [0, 0.05) is 57.3 Å². The van der Waals surface area contributed by atoms with Crippen LogP contribution in [0, 0.1) is 0 Å². The Hall–Kier alpha value is -7.52. The second kappa shape index (κ2) is 11.5. The Morgan fingerprint density at radius 1 is 0.396 bits per heavy atom. The highest BCUT2D eigenvalue weighted by Gasteiger charge is 2.22. The first-order valence-electron chi connectivity index (χ1n) is 17.2. The van der Waals surface area contributed by atoms with E-state index in [2.05, 4.69) is 45.4 Å². The first kappa shape index (κ1) is 29.2. The standard InChI is InChI=1S/C44H26N6O3/c1-3-11-27(12-4-1)49(29-19-21-33-31-15-7-9-17-36(31)51-38(33)23-29)41-25-40-35(26-45-41)42-43(53-40)46-44(48-47-42)50(28-13-5-2-6-14-28)30-20-22-34-32-16-8-10-18-37(32)52-39(34)24-30/h1-26H. The molecular weight excluding hydrogens is 661 g/mol. The van der Waals surface area contributed by atoms with E-state index in [9.17, 15) is 0 Å². The number of benzene rings is 6. The first-order valence-corrected chi connectivity index (χ1v) is 17.2. The molecule has 0 spiro atoms. The van der Waals surface area contributed by atoms with E-state index in [4.69, 9.17) is 23.2 Å². The van der Waals surface area contributed by atoms with Crippen molar-refractivity contribution in [2.45, 2.75) is 0 Å². The number of anilines is 6. The molecule has 250 valence electrons. The van der Waals surface area contributed by atoms with Crippen molar-refractivity contribution in [3.05, 3.63) is 158 Å². The van der Waals surface area contributed by atoms with Crippen molar-refractivity contribution in [1.82, 2.24) is 20.2 Å². The van der Waals surface area contributed by atoms with E-state index < -0.39 is 0 Å². The Labute approximate surface area is 300 Å². The van der Waals surface area contributed by atoms with Crippen LogP contribution in [-0.2, 0) is 0 Å². The SMILES string of the molecule is c1ccc(N(c2ccc3c(c2)oc2ccccc23)c2cc3oc4nc(N(c5ccccc5)c5ccc6c(c5)oc5ccccc56)nnc4c3cn2)cc1. The van der Waals surface area contributed by atoms with E-state index in [1.807, 2.05) is 126 Å². The monoisotopic (exact) mass is 686 g/mol. The van der Waals surface area contributed by atoms with E-state index in [1.165, 1.54) is 0 Å². The average molecular weight is 687 g/mol. The van der Waals surface area contributed by atoms with Crippen molar-refractivity contribution in [3.8, 4) is 0 Å². The van der Waals surface area contributed by atoms with Crippen molar-refractivity contribution < 1.29 is 13.3 Å². The first-order chi connectivity index (χ1) is 26.2. The van der Waals surface area contributed by atoms with Crippen LogP contribution in [0.2, 0.25) is 0 Å². The van der Waals surface area contributed by atoms with Gasteiger partial charge in [0.2, 0.25) is 0 Å². The highest BCUT2D eigenvalue weighted by Crippen LogP contribution is 2.41. The molecule has 11 rings (SSSR count). The molecule has 0 saturated heterocycles. The fourth-order valence-corrected chi connectivity index (χ4v) is 7.21. The number of hydrogen-bond donors (Lipinski definition) is 0. The molecule has 9 heteroatoms. The van der Waals surface area contributed by atoms with E-state index in [0.29, 0.717) is 34.0 Å². The zero-order chi connectivity index (χ0) is 34.9. The molecular formula is C44H26N6O3. The van der Waals surface area contributed by atoms with Crippen molar-refractivity contribution in [1.29, 1.82) is 0 Å². The number of furan rings is 3. The predicted octanol–water partition coefficient (Wildman–Crippen LogP) is 11.9. The number of pyridine rings is 1. The van der Waals surface area contributed by atoms with Gasteiger partial charge in [-0.05, 0) is 60.7 Å². The van der Waals surface area contributed by atoms with Gasteiger partial charge in [-0.2, -0.15) is 4.98 Å². The fourth-order valence-electron chi connectivity index (χ4n) is 7.21. The maximum Gasteiger partial charge on any atom is 0.257 e. The van der Waals surface area contributed by atoms with Gasteiger partial charge >= 0.3 is 0 Å². The van der Waals surface area contributed by atoms with Crippen LogP contribution < -0.4 is 9.80 Å². The van der Waals surface area contributed by atoms with E-state index in [-0.39, 0.29) is 0 Å². The highest BCUT2D eigenvalue weighted by atomic mass is 16.3. The summed E-state index contributed by atoms with van der Waals surface area (Å²) in [4.78, 5) is 13.9. The lowest BCUT2D eigenvalue weighted by Gasteiger charge is -2.24. The molecule has 0 amide bonds. The van der Waals surface area contributed by atoms with Gasteiger partial charge < -0.3 is 13.3 Å². The zero-order valence-corrected chi connectivity index (χ0v) is 27.9. The summed E-state index contributed by atoms with van der Waals surface area (Å²) < 4.78 is 18.9. The van der Waals surface area contributed by atoms with Crippen LogP contribution in [0.15, 0.2) is 171 Å². The number of nitrogens with zero attached hydrogens (tertiary/aromatic N) is 6. The molecule has 0 unspecified atom stereocenters. The van der Waals surface area contributed by atoms with Crippen LogP contribution in [0.5, 0.6) is 0 Å². The van der Waals surface area contributed by atoms with Gasteiger partial charge in [-0.15, -0.1) is 10.2 Å². The second-order valence-electron chi connectivity index (χ2n) is 12.8. The normalized spacial score (nSPS) is 11.8. The smallest absolute Gasteiger partial charge is 0.257 e. The minimum Gasteiger partial charge on any atom is -0.456 e. The Balaban J connectivity index is 1.03. The second-order valence-corrected chi connectivity index (χ2v) is 12.8. The lowest BCUT2D eigenvalue weighted by molar-refractivity contribution is 0.650. The summed E-state index contributed by atoms with van der Waals surface area (Å²) in [5.41, 5.74) is 8.23. The summed E-state index contributed by atoms with van der Waals surface area (Å²) in [6.45, 7) is 0. The minimum absolute atomic E-state index is 0.352. The van der Waals surface area contributed by atoms with Crippen molar-refractivity contribution in [3.63, 3.8) is 0 Å². The maximum atomic E-state index is 6.45. The Kier molecular flexibility index (Phi) is 6.35. The van der Waals surface area contributed by atoms with Gasteiger partial charge in [-0.1, -0.05) is 72.8 Å². The molecule has 0 N–H and O–H groups in total. The molecule has 9 nitrogen and oxygen atoms in total. The van der Waals surface area contributed by atoms with Crippen LogP contribution in [0.1, 0.15) is 0 Å². The molecule has 0 atom stereocenters. The topological polar surface area (TPSA) is 97.5 Å². The third-order valence-electron chi connectivity index (χ3n) is 9.66. The molecule has 0 aliphatic rings. The van der Waals surface area contributed by atoms with Crippen LogP contribution in [0.3, 0.4) is 0 Å². The number of hydrogen-bond acceptors (Lipinski definition) is 9. The third-order valence-corrected chi connectivity index (χ3v) is 9.66.